The molecule has 28 heavy (non-hydrogen) atoms. The smallest absolute Gasteiger partial charge is 0.423 e. The van der Waals surface area contributed by atoms with Crippen molar-refractivity contribution in [1.29, 1.82) is 0 Å². The number of rotatable bonds is 7. The van der Waals surface area contributed by atoms with Crippen LogP contribution >= 0.6 is 0 Å². The molecule has 0 spiro atoms. The van der Waals surface area contributed by atoms with Gasteiger partial charge in [-0.1, -0.05) is 37.3 Å². The summed E-state index contributed by atoms with van der Waals surface area (Å²) in [7, 11) is 0. The molecular weight excluding hydrogens is 371 g/mol. The van der Waals surface area contributed by atoms with E-state index < -0.39 is 17.6 Å². The Kier molecular flexibility index (Phi) is 5.98. The first-order valence-electron chi connectivity index (χ1n) is 8.63. The zero-order valence-electron chi connectivity index (χ0n) is 15.0. The molecule has 0 fully saturated rings. The Balaban J connectivity index is 1.92. The first-order chi connectivity index (χ1) is 13.5. The fourth-order valence-electron chi connectivity index (χ4n) is 2.33. The standard InChI is InChI=1S/C20H18F3N3O2/c1-2-12-27-17-11-7-6-10-16(17)25-19-24-13-15(20(21,22)23)18(26-19)28-14-8-4-3-5-9-14/h3-11,13H,2,12H2,1H3,(H,24,25,26). The SMILES string of the molecule is CCCOc1ccccc1Nc1ncc(C(F)(F)F)c(Oc2ccccc2)n1. The fraction of sp³-hybridized carbons (Fsp3) is 0.200. The number of nitrogens with one attached hydrogen (secondary N) is 1. The van der Waals surface area contributed by atoms with Crippen LogP contribution in [0.3, 0.4) is 0 Å². The highest BCUT2D eigenvalue weighted by Crippen LogP contribution is 2.37. The van der Waals surface area contributed by atoms with Gasteiger partial charge >= 0.3 is 6.18 Å². The van der Waals surface area contributed by atoms with Crippen LogP contribution in [0.2, 0.25) is 0 Å². The van der Waals surface area contributed by atoms with Crippen LogP contribution in [-0.4, -0.2) is 16.6 Å². The second-order valence-electron chi connectivity index (χ2n) is 5.79. The molecule has 8 heteroatoms. The van der Waals surface area contributed by atoms with Crippen molar-refractivity contribution in [2.45, 2.75) is 19.5 Å². The number of aromatic nitrogens is 2. The van der Waals surface area contributed by atoms with E-state index in [0.29, 0.717) is 24.2 Å². The molecule has 0 saturated heterocycles. The van der Waals surface area contributed by atoms with E-state index in [4.69, 9.17) is 9.47 Å². The maximum atomic E-state index is 13.3. The average molecular weight is 389 g/mol. The maximum absolute atomic E-state index is 13.3. The summed E-state index contributed by atoms with van der Waals surface area (Å²) >= 11 is 0. The van der Waals surface area contributed by atoms with E-state index in [9.17, 15) is 13.2 Å². The summed E-state index contributed by atoms with van der Waals surface area (Å²) in [5, 5.41) is 2.89. The third-order valence-corrected chi connectivity index (χ3v) is 3.61. The zero-order chi connectivity index (χ0) is 20.0. The lowest BCUT2D eigenvalue weighted by atomic mass is 10.3. The van der Waals surface area contributed by atoms with Gasteiger partial charge in [0.25, 0.3) is 0 Å². The van der Waals surface area contributed by atoms with Gasteiger partial charge in [0.15, 0.2) is 0 Å². The first-order valence-corrected chi connectivity index (χ1v) is 8.63. The Hall–Kier alpha value is -3.29. The van der Waals surface area contributed by atoms with Crippen molar-refractivity contribution in [3.63, 3.8) is 0 Å². The molecule has 1 heterocycles. The van der Waals surface area contributed by atoms with E-state index >= 15 is 0 Å². The van der Waals surface area contributed by atoms with Crippen molar-refractivity contribution < 1.29 is 22.6 Å². The molecule has 0 aliphatic carbocycles. The van der Waals surface area contributed by atoms with Crippen molar-refractivity contribution in [3.05, 3.63) is 66.4 Å². The zero-order valence-corrected chi connectivity index (χ0v) is 15.0. The maximum Gasteiger partial charge on any atom is 0.423 e. The van der Waals surface area contributed by atoms with Gasteiger partial charge in [-0.05, 0) is 30.7 Å². The van der Waals surface area contributed by atoms with Crippen molar-refractivity contribution in [2.24, 2.45) is 0 Å². The lowest BCUT2D eigenvalue weighted by Gasteiger charge is -2.15. The Labute approximate surface area is 160 Å². The summed E-state index contributed by atoms with van der Waals surface area (Å²) in [6.45, 7) is 2.48. The molecule has 0 unspecified atom stereocenters. The van der Waals surface area contributed by atoms with E-state index in [1.165, 1.54) is 0 Å². The molecule has 1 N–H and O–H groups in total. The molecule has 0 radical (unpaired) electrons. The van der Waals surface area contributed by atoms with Crippen LogP contribution in [-0.2, 0) is 6.18 Å². The normalized spacial score (nSPS) is 11.1. The lowest BCUT2D eigenvalue weighted by molar-refractivity contribution is -0.139. The van der Waals surface area contributed by atoms with Crippen LogP contribution in [0.25, 0.3) is 0 Å². The van der Waals surface area contributed by atoms with Crippen molar-refractivity contribution >= 4 is 11.6 Å². The van der Waals surface area contributed by atoms with Crippen LogP contribution in [0.15, 0.2) is 60.8 Å². The molecule has 0 aliphatic heterocycles. The highest BCUT2D eigenvalue weighted by Gasteiger charge is 2.36. The van der Waals surface area contributed by atoms with Gasteiger partial charge in [0.1, 0.15) is 17.1 Å². The predicted molar refractivity (Wildman–Crippen MR) is 99.1 cm³/mol. The number of ether oxygens (including phenoxy) is 2. The van der Waals surface area contributed by atoms with E-state index in [0.717, 1.165) is 6.42 Å². The molecule has 2 aromatic carbocycles. The molecule has 3 rings (SSSR count). The number of hydrogen-bond acceptors (Lipinski definition) is 5. The largest absolute Gasteiger partial charge is 0.491 e. The minimum absolute atomic E-state index is 0.0357. The average Bonchev–Trinajstić information content (AvgIpc) is 2.67. The topological polar surface area (TPSA) is 56.3 Å². The Morgan fingerprint density at radius 1 is 1.00 bits per heavy atom. The summed E-state index contributed by atoms with van der Waals surface area (Å²) in [6, 6.07) is 15.2. The molecule has 0 amide bonds. The van der Waals surface area contributed by atoms with Crippen molar-refractivity contribution in [3.8, 4) is 17.4 Å². The molecule has 3 aromatic rings. The molecular formula is C20H18F3N3O2. The van der Waals surface area contributed by atoms with Gasteiger partial charge in [-0.25, -0.2) is 4.98 Å². The van der Waals surface area contributed by atoms with Gasteiger partial charge in [0.2, 0.25) is 11.8 Å². The third-order valence-electron chi connectivity index (χ3n) is 3.61. The number of anilines is 2. The summed E-state index contributed by atoms with van der Waals surface area (Å²) in [6.07, 6.45) is -3.13. The van der Waals surface area contributed by atoms with Crippen LogP contribution < -0.4 is 14.8 Å². The number of nitrogens with zero attached hydrogens (tertiary/aromatic N) is 2. The number of halogens is 3. The Morgan fingerprint density at radius 3 is 2.43 bits per heavy atom. The van der Waals surface area contributed by atoms with E-state index in [1.54, 1.807) is 54.6 Å². The van der Waals surface area contributed by atoms with Gasteiger partial charge in [-0.15, -0.1) is 0 Å². The van der Waals surface area contributed by atoms with Gasteiger partial charge in [-0.2, -0.15) is 18.2 Å². The number of alkyl halides is 3. The summed E-state index contributed by atoms with van der Waals surface area (Å²) in [5.74, 6) is 0.178. The molecule has 0 atom stereocenters. The summed E-state index contributed by atoms with van der Waals surface area (Å²) < 4.78 is 50.9. The van der Waals surface area contributed by atoms with Crippen LogP contribution in [0.5, 0.6) is 17.4 Å². The minimum atomic E-state index is -4.65. The number of para-hydroxylation sites is 3. The fourth-order valence-corrected chi connectivity index (χ4v) is 2.33. The first kappa shape index (κ1) is 19.5. The monoisotopic (exact) mass is 389 g/mol. The highest BCUT2D eigenvalue weighted by molar-refractivity contribution is 5.62. The molecule has 0 aliphatic rings. The number of benzene rings is 2. The minimum Gasteiger partial charge on any atom is -0.491 e. The van der Waals surface area contributed by atoms with Gasteiger partial charge in [0, 0.05) is 6.20 Å². The number of hydrogen-bond donors (Lipinski definition) is 1. The highest BCUT2D eigenvalue weighted by atomic mass is 19.4. The van der Waals surface area contributed by atoms with Crippen LogP contribution in [0, 0.1) is 0 Å². The van der Waals surface area contributed by atoms with E-state index in [-0.39, 0.29) is 11.7 Å². The van der Waals surface area contributed by atoms with Crippen LogP contribution in [0.4, 0.5) is 24.8 Å². The second-order valence-corrected chi connectivity index (χ2v) is 5.79. The van der Waals surface area contributed by atoms with Gasteiger partial charge in [0.05, 0.1) is 12.3 Å². The third kappa shape index (κ3) is 4.91. The van der Waals surface area contributed by atoms with Crippen LogP contribution in [0.1, 0.15) is 18.9 Å². The van der Waals surface area contributed by atoms with E-state index in [2.05, 4.69) is 15.3 Å². The molecule has 0 bridgehead atoms. The quantitative estimate of drug-likeness (QED) is 0.552. The van der Waals surface area contributed by atoms with Crippen molar-refractivity contribution in [2.75, 3.05) is 11.9 Å². The molecule has 5 nitrogen and oxygen atoms in total. The Bertz CT molecular complexity index is 918. The van der Waals surface area contributed by atoms with Gasteiger partial charge in [-0.3, -0.25) is 0 Å². The molecule has 146 valence electrons. The summed E-state index contributed by atoms with van der Waals surface area (Å²) in [4.78, 5) is 7.72. The van der Waals surface area contributed by atoms with Gasteiger partial charge < -0.3 is 14.8 Å². The van der Waals surface area contributed by atoms with Crippen molar-refractivity contribution in [1.82, 2.24) is 9.97 Å². The second kappa shape index (κ2) is 8.60. The molecule has 0 saturated carbocycles. The Morgan fingerprint density at radius 2 is 1.71 bits per heavy atom. The summed E-state index contributed by atoms with van der Waals surface area (Å²) in [5.41, 5.74) is -0.515. The lowest BCUT2D eigenvalue weighted by Crippen LogP contribution is -2.11. The van der Waals surface area contributed by atoms with E-state index in [1.807, 2.05) is 6.92 Å². The predicted octanol–water partition coefficient (Wildman–Crippen LogP) is 5.82. The molecule has 1 aromatic heterocycles.